The van der Waals surface area contributed by atoms with Crippen LogP contribution in [0.5, 0.6) is 0 Å². The number of hydrogen-bond donors (Lipinski definition) is 1. The third kappa shape index (κ3) is 2.73. The quantitative estimate of drug-likeness (QED) is 0.843. The fourth-order valence-corrected chi connectivity index (χ4v) is 4.26. The van der Waals surface area contributed by atoms with Crippen LogP contribution in [0.2, 0.25) is 0 Å². The third-order valence-corrected chi connectivity index (χ3v) is 5.41. The van der Waals surface area contributed by atoms with Crippen LogP contribution >= 0.6 is 0 Å². The largest absolute Gasteiger partial charge is 0.324 e. The predicted octanol–water partition coefficient (Wildman–Crippen LogP) is 4.57. The lowest BCUT2D eigenvalue weighted by molar-refractivity contribution is 0.116. The van der Waals surface area contributed by atoms with Gasteiger partial charge in [0.05, 0.1) is 0 Å². The van der Waals surface area contributed by atoms with Crippen LogP contribution in [-0.4, -0.2) is 0 Å². The van der Waals surface area contributed by atoms with E-state index in [0.29, 0.717) is 11.5 Å². The summed E-state index contributed by atoms with van der Waals surface area (Å²) in [6.07, 6.45) is 8.78. The van der Waals surface area contributed by atoms with Crippen molar-refractivity contribution in [1.29, 1.82) is 0 Å². The number of nitrogens with two attached hydrogens (primary N) is 1. The molecule has 4 atom stereocenters. The van der Waals surface area contributed by atoms with Gasteiger partial charge in [0.25, 0.3) is 0 Å². The first-order chi connectivity index (χ1) is 9.65. The maximum Gasteiger partial charge on any atom is 0.130 e. The molecule has 0 radical (unpaired) electrons. The second-order valence-corrected chi connectivity index (χ2v) is 6.57. The summed E-state index contributed by atoms with van der Waals surface area (Å²) in [5.41, 5.74) is 6.76. The average molecular weight is 279 g/mol. The lowest BCUT2D eigenvalue weighted by atomic mass is 9.65. The molecule has 0 amide bonds. The molecule has 2 aliphatic carbocycles. The van der Waals surface area contributed by atoms with Gasteiger partial charge < -0.3 is 5.73 Å². The highest BCUT2D eigenvalue weighted by Gasteiger charge is 2.35. The van der Waals surface area contributed by atoms with Crippen molar-refractivity contribution < 1.29 is 8.78 Å². The van der Waals surface area contributed by atoms with E-state index in [1.165, 1.54) is 44.2 Å². The molecule has 1 aromatic carbocycles. The molecule has 2 aliphatic rings. The molecule has 20 heavy (non-hydrogen) atoms. The Morgan fingerprint density at radius 3 is 2.50 bits per heavy atom. The summed E-state index contributed by atoms with van der Waals surface area (Å²) < 4.78 is 26.9. The van der Waals surface area contributed by atoms with Crippen molar-refractivity contribution in [2.75, 3.05) is 0 Å². The molecule has 2 fully saturated rings. The van der Waals surface area contributed by atoms with Crippen LogP contribution in [0.25, 0.3) is 0 Å². The van der Waals surface area contributed by atoms with Gasteiger partial charge in [-0.15, -0.1) is 0 Å². The number of hydrogen-bond acceptors (Lipinski definition) is 1. The third-order valence-electron chi connectivity index (χ3n) is 5.41. The van der Waals surface area contributed by atoms with Gasteiger partial charge >= 0.3 is 0 Å². The topological polar surface area (TPSA) is 26.0 Å². The standard InChI is InChI=1S/C17H23F2N/c18-14-7-8-15(16(19)10-14)17(20)13-6-5-11-3-1-2-4-12(11)9-13/h7-8,10-13,17H,1-6,9,20H2. The molecule has 1 nitrogen and oxygen atoms in total. The number of fused-ring (bicyclic) bond motifs is 1. The van der Waals surface area contributed by atoms with Gasteiger partial charge in [-0.3, -0.25) is 0 Å². The van der Waals surface area contributed by atoms with Crippen LogP contribution in [0, 0.1) is 29.4 Å². The van der Waals surface area contributed by atoms with Crippen LogP contribution in [0.15, 0.2) is 18.2 Å². The molecule has 3 rings (SSSR count). The van der Waals surface area contributed by atoms with Crippen molar-refractivity contribution in [3.8, 4) is 0 Å². The fraction of sp³-hybridized carbons (Fsp3) is 0.647. The van der Waals surface area contributed by atoms with Crippen molar-refractivity contribution in [1.82, 2.24) is 0 Å². The van der Waals surface area contributed by atoms with Gasteiger partial charge in [0.1, 0.15) is 11.6 Å². The van der Waals surface area contributed by atoms with Gasteiger partial charge in [-0.2, -0.15) is 0 Å². The number of rotatable bonds is 2. The van der Waals surface area contributed by atoms with Gasteiger partial charge in [0.2, 0.25) is 0 Å². The van der Waals surface area contributed by atoms with Crippen molar-refractivity contribution in [3.05, 3.63) is 35.4 Å². The lowest BCUT2D eigenvalue weighted by Crippen LogP contribution is -2.33. The molecule has 1 aromatic rings. The minimum atomic E-state index is -0.533. The highest BCUT2D eigenvalue weighted by atomic mass is 19.1. The zero-order valence-electron chi connectivity index (χ0n) is 11.8. The van der Waals surface area contributed by atoms with E-state index in [0.717, 1.165) is 30.7 Å². The Balaban J connectivity index is 1.72. The Bertz CT molecular complexity index is 474. The summed E-state index contributed by atoms with van der Waals surface area (Å²) in [4.78, 5) is 0. The normalized spacial score (nSPS) is 31.6. The molecule has 4 unspecified atom stereocenters. The summed E-state index contributed by atoms with van der Waals surface area (Å²) in [5.74, 6) is 0.953. The van der Waals surface area contributed by atoms with E-state index in [-0.39, 0.29) is 6.04 Å². The summed E-state index contributed by atoms with van der Waals surface area (Å²) in [6, 6.07) is 3.48. The first-order valence-corrected chi connectivity index (χ1v) is 7.85. The van der Waals surface area contributed by atoms with E-state index in [9.17, 15) is 8.78 Å². The Kier molecular flexibility index (Phi) is 4.06. The predicted molar refractivity (Wildman–Crippen MR) is 76.1 cm³/mol. The molecule has 2 saturated carbocycles. The monoisotopic (exact) mass is 279 g/mol. The van der Waals surface area contributed by atoms with Crippen LogP contribution in [-0.2, 0) is 0 Å². The minimum absolute atomic E-state index is 0.293. The summed E-state index contributed by atoms with van der Waals surface area (Å²) in [7, 11) is 0. The molecule has 110 valence electrons. The molecule has 0 aliphatic heterocycles. The first-order valence-electron chi connectivity index (χ1n) is 7.85. The molecule has 3 heteroatoms. The zero-order chi connectivity index (χ0) is 14.1. The highest BCUT2D eigenvalue weighted by molar-refractivity contribution is 5.22. The second kappa shape index (κ2) is 5.80. The highest BCUT2D eigenvalue weighted by Crippen LogP contribution is 2.45. The van der Waals surface area contributed by atoms with Gasteiger partial charge in [0, 0.05) is 17.7 Å². The second-order valence-electron chi connectivity index (χ2n) is 6.57. The molecule has 0 spiro atoms. The summed E-state index contributed by atoms with van der Waals surface area (Å²) in [5, 5.41) is 0. The number of benzene rings is 1. The molecule has 0 saturated heterocycles. The summed E-state index contributed by atoms with van der Waals surface area (Å²) in [6.45, 7) is 0. The Labute approximate surface area is 119 Å². The van der Waals surface area contributed by atoms with Gasteiger partial charge in [-0.1, -0.05) is 31.7 Å². The Morgan fingerprint density at radius 2 is 1.75 bits per heavy atom. The van der Waals surface area contributed by atoms with Gasteiger partial charge in [-0.25, -0.2) is 8.78 Å². The Morgan fingerprint density at radius 1 is 1.00 bits per heavy atom. The zero-order valence-corrected chi connectivity index (χ0v) is 11.8. The smallest absolute Gasteiger partial charge is 0.130 e. The lowest BCUT2D eigenvalue weighted by Gasteiger charge is -2.41. The van der Waals surface area contributed by atoms with E-state index in [2.05, 4.69) is 0 Å². The van der Waals surface area contributed by atoms with Crippen LogP contribution in [0.3, 0.4) is 0 Å². The maximum absolute atomic E-state index is 13.9. The number of halogens is 2. The van der Waals surface area contributed by atoms with E-state index >= 15 is 0 Å². The minimum Gasteiger partial charge on any atom is -0.324 e. The van der Waals surface area contributed by atoms with E-state index < -0.39 is 11.6 Å². The Hall–Kier alpha value is -0.960. The molecule has 2 N–H and O–H groups in total. The molecule has 0 aromatic heterocycles. The average Bonchev–Trinajstić information content (AvgIpc) is 2.46. The van der Waals surface area contributed by atoms with Crippen LogP contribution < -0.4 is 5.73 Å². The van der Waals surface area contributed by atoms with Crippen molar-refractivity contribution >= 4 is 0 Å². The first kappa shape index (κ1) is 14.0. The van der Waals surface area contributed by atoms with Crippen molar-refractivity contribution in [2.45, 2.75) is 51.0 Å². The van der Waals surface area contributed by atoms with Crippen LogP contribution in [0.1, 0.15) is 56.6 Å². The maximum atomic E-state index is 13.9. The molecule has 0 bridgehead atoms. The van der Waals surface area contributed by atoms with Crippen molar-refractivity contribution in [2.24, 2.45) is 23.5 Å². The van der Waals surface area contributed by atoms with Crippen molar-refractivity contribution in [3.63, 3.8) is 0 Å². The summed E-state index contributed by atoms with van der Waals surface area (Å²) >= 11 is 0. The molecule has 0 heterocycles. The van der Waals surface area contributed by atoms with Gasteiger partial charge in [-0.05, 0) is 43.1 Å². The van der Waals surface area contributed by atoms with E-state index in [1.54, 1.807) is 0 Å². The molecular formula is C17H23F2N. The fourth-order valence-electron chi connectivity index (χ4n) is 4.26. The molecular weight excluding hydrogens is 256 g/mol. The van der Waals surface area contributed by atoms with Crippen LogP contribution in [0.4, 0.5) is 8.78 Å². The van der Waals surface area contributed by atoms with E-state index in [1.807, 2.05) is 0 Å². The van der Waals surface area contributed by atoms with E-state index in [4.69, 9.17) is 5.73 Å². The SMILES string of the molecule is NC(c1ccc(F)cc1F)C1CCC2CCCCC2C1. The van der Waals surface area contributed by atoms with Gasteiger partial charge in [0.15, 0.2) is 0 Å².